The molecule has 3 aromatic carbocycles. The highest BCUT2D eigenvalue weighted by Gasteiger charge is 2.39. The van der Waals surface area contributed by atoms with E-state index in [0.29, 0.717) is 11.6 Å². The second-order valence-corrected chi connectivity index (χ2v) is 10.6. The van der Waals surface area contributed by atoms with Crippen molar-refractivity contribution in [1.29, 1.82) is 0 Å². The van der Waals surface area contributed by atoms with Gasteiger partial charge in [0, 0.05) is 10.6 Å². The average Bonchev–Trinajstić information content (AvgIpc) is 2.86. The number of amides is 2. The Balaban J connectivity index is 1.64. The molecule has 39 heavy (non-hydrogen) atoms. The third-order valence-corrected chi connectivity index (χ3v) is 7.15. The van der Waals surface area contributed by atoms with E-state index in [-0.39, 0.29) is 33.9 Å². The van der Waals surface area contributed by atoms with E-state index in [1.807, 2.05) is 0 Å². The molecule has 202 valence electrons. The lowest BCUT2D eigenvalue weighted by molar-refractivity contribution is -0.123. The van der Waals surface area contributed by atoms with Crippen molar-refractivity contribution in [3.63, 3.8) is 0 Å². The van der Waals surface area contributed by atoms with Gasteiger partial charge in [0.1, 0.15) is 17.6 Å². The van der Waals surface area contributed by atoms with Crippen molar-refractivity contribution in [3.8, 4) is 5.75 Å². The van der Waals surface area contributed by atoms with Crippen molar-refractivity contribution in [1.82, 2.24) is 10.6 Å². The van der Waals surface area contributed by atoms with Gasteiger partial charge < -0.3 is 35.2 Å². The molecule has 1 heterocycles. The fourth-order valence-electron chi connectivity index (χ4n) is 4.07. The molecule has 0 aliphatic carbocycles. The van der Waals surface area contributed by atoms with Gasteiger partial charge in [-0.15, -0.1) is 0 Å². The molecular weight excluding hydrogens is 557 g/mol. The number of aromatic carboxylic acids is 1. The van der Waals surface area contributed by atoms with Crippen LogP contribution in [0.1, 0.15) is 37.9 Å². The van der Waals surface area contributed by atoms with E-state index in [2.05, 4.69) is 10.6 Å². The van der Waals surface area contributed by atoms with Gasteiger partial charge in [0.05, 0.1) is 16.8 Å². The van der Waals surface area contributed by atoms with Crippen molar-refractivity contribution in [2.75, 3.05) is 0 Å². The molecule has 0 fully saturated rings. The molecule has 0 bridgehead atoms. The van der Waals surface area contributed by atoms with Gasteiger partial charge in [0.2, 0.25) is 5.91 Å². The number of nitrogens with one attached hydrogen (secondary N) is 2. The van der Waals surface area contributed by atoms with Crippen LogP contribution in [0.4, 0.5) is 4.39 Å². The number of para-hydroxylation sites is 1. The summed E-state index contributed by atoms with van der Waals surface area (Å²) in [5.74, 6) is -5.41. The number of carbonyl (C=O) groups excluding carboxylic acids is 2. The molecular formula is C24H20BClFN2O9P. The molecule has 6 N–H and O–H groups in total. The molecule has 11 nitrogen and oxygen atoms in total. The maximum Gasteiger partial charge on any atom is 0.547 e. The number of carboxylic acid groups (broad SMARTS) is 1. The van der Waals surface area contributed by atoms with Crippen molar-refractivity contribution in [2.45, 2.75) is 18.4 Å². The summed E-state index contributed by atoms with van der Waals surface area (Å²) in [5, 5.41) is 24.2. The molecule has 1 aliphatic rings. The average molecular weight is 577 g/mol. The van der Waals surface area contributed by atoms with Crippen LogP contribution in [0.3, 0.4) is 0 Å². The molecule has 0 saturated heterocycles. The van der Waals surface area contributed by atoms with Crippen LogP contribution in [-0.4, -0.2) is 50.8 Å². The molecule has 0 aromatic heterocycles. The van der Waals surface area contributed by atoms with Gasteiger partial charge in [-0.3, -0.25) is 14.2 Å². The summed E-state index contributed by atoms with van der Waals surface area (Å²) in [6.45, 7) is 0. The molecule has 0 saturated carbocycles. The second kappa shape index (κ2) is 11.2. The van der Waals surface area contributed by atoms with Gasteiger partial charge in [0.15, 0.2) is 0 Å². The Kier molecular flexibility index (Phi) is 8.10. The fraction of sp³-hybridized carbons (Fsp3) is 0.125. The lowest BCUT2D eigenvalue weighted by Gasteiger charge is -2.30. The molecule has 0 spiro atoms. The number of rotatable bonds is 7. The molecule has 1 aliphatic heterocycles. The monoisotopic (exact) mass is 576 g/mol. The van der Waals surface area contributed by atoms with Crippen LogP contribution in [0.25, 0.3) is 0 Å². The van der Waals surface area contributed by atoms with Gasteiger partial charge in [0.25, 0.3) is 5.91 Å². The smallest absolute Gasteiger partial charge is 0.534 e. The van der Waals surface area contributed by atoms with E-state index >= 15 is 0 Å². The Morgan fingerprint density at radius 1 is 1.10 bits per heavy atom. The summed E-state index contributed by atoms with van der Waals surface area (Å²) in [7, 11) is -6.63. The maximum atomic E-state index is 14.6. The number of carbonyl (C=O) groups is 3. The lowest BCUT2D eigenvalue weighted by atomic mass is 9.72. The van der Waals surface area contributed by atoms with Crippen LogP contribution in [0, 0.1) is 5.82 Å². The third kappa shape index (κ3) is 6.30. The Hall–Kier alpha value is -3.74. The van der Waals surface area contributed by atoms with E-state index in [1.54, 1.807) is 6.07 Å². The van der Waals surface area contributed by atoms with Crippen LogP contribution < -0.4 is 20.6 Å². The van der Waals surface area contributed by atoms with E-state index in [4.69, 9.17) is 16.3 Å². The van der Waals surface area contributed by atoms with E-state index in [9.17, 15) is 43.3 Å². The van der Waals surface area contributed by atoms with Crippen LogP contribution in [-0.2, 0) is 15.8 Å². The lowest BCUT2D eigenvalue weighted by Crippen LogP contribution is -2.55. The minimum Gasteiger partial charge on any atom is -0.534 e. The Labute approximate surface area is 225 Å². The van der Waals surface area contributed by atoms with E-state index < -0.39 is 55.6 Å². The van der Waals surface area contributed by atoms with Crippen LogP contribution in [0.5, 0.6) is 5.75 Å². The molecule has 2 amide bonds. The predicted molar refractivity (Wildman–Crippen MR) is 137 cm³/mol. The van der Waals surface area contributed by atoms with Gasteiger partial charge in [-0.2, -0.15) is 0 Å². The first-order chi connectivity index (χ1) is 18.3. The second-order valence-electron chi connectivity index (χ2n) is 8.60. The minimum atomic E-state index is -4.96. The topological polar surface area (TPSA) is 182 Å². The summed E-state index contributed by atoms with van der Waals surface area (Å²) >= 11 is 5.94. The van der Waals surface area contributed by atoms with Crippen molar-refractivity contribution in [3.05, 3.63) is 93.8 Å². The quantitative estimate of drug-likeness (QED) is 0.180. The highest BCUT2D eigenvalue weighted by molar-refractivity contribution is 7.60. The molecule has 3 aromatic rings. The number of hydrogen-bond donors (Lipinski definition) is 6. The highest BCUT2D eigenvalue weighted by Crippen LogP contribution is 2.35. The third-order valence-electron chi connectivity index (χ3n) is 5.92. The summed E-state index contributed by atoms with van der Waals surface area (Å²) in [6, 6.07) is 11.1. The summed E-state index contributed by atoms with van der Waals surface area (Å²) in [6.07, 6.45) is -0.0379. The molecule has 2 atom stereocenters. The van der Waals surface area contributed by atoms with E-state index in [1.165, 1.54) is 36.4 Å². The maximum absolute atomic E-state index is 14.6. The van der Waals surface area contributed by atoms with Gasteiger partial charge in [-0.05, 0) is 53.9 Å². The number of carboxylic acids is 1. The molecule has 4 rings (SSSR count). The number of halogens is 2. The van der Waals surface area contributed by atoms with Crippen LogP contribution >= 0.6 is 19.2 Å². The first-order valence-corrected chi connectivity index (χ1v) is 13.3. The zero-order valence-electron chi connectivity index (χ0n) is 19.7. The molecule has 0 radical (unpaired) electrons. The fourth-order valence-corrected chi connectivity index (χ4v) is 4.87. The highest BCUT2D eigenvalue weighted by atomic mass is 35.5. The number of fused-ring (bicyclic) bond motifs is 1. The first kappa shape index (κ1) is 28.3. The number of hydrogen-bond acceptors (Lipinski definition) is 6. The predicted octanol–water partition coefficient (Wildman–Crippen LogP) is 1.59. The number of benzene rings is 3. The van der Waals surface area contributed by atoms with Gasteiger partial charge in [-0.1, -0.05) is 35.9 Å². The molecule has 0 unspecified atom stereocenters. The van der Waals surface area contributed by atoms with Crippen LogP contribution in [0.15, 0.2) is 60.7 Å². The van der Waals surface area contributed by atoms with Gasteiger partial charge >= 0.3 is 20.7 Å². The van der Waals surface area contributed by atoms with Crippen molar-refractivity contribution in [2.24, 2.45) is 0 Å². The summed E-state index contributed by atoms with van der Waals surface area (Å²) < 4.78 is 31.5. The Morgan fingerprint density at radius 3 is 2.46 bits per heavy atom. The minimum absolute atomic E-state index is 0.0379. The SMILES string of the molecule is O=C(N[C@@H](C(=O)N[C@H]1Cc2cccc(C(=O)O)c2OB1O)c1ccc(P(=O)(O)O)c(F)c1)c1cccc(Cl)c1. The largest absolute Gasteiger partial charge is 0.547 e. The zero-order chi connectivity index (χ0) is 28.5. The normalized spacial score (nSPS) is 15.5. The van der Waals surface area contributed by atoms with Crippen LogP contribution in [0.2, 0.25) is 5.02 Å². The summed E-state index contributed by atoms with van der Waals surface area (Å²) in [4.78, 5) is 56.5. The summed E-state index contributed by atoms with van der Waals surface area (Å²) in [5.41, 5.74) is 0.131. The van der Waals surface area contributed by atoms with Crippen molar-refractivity contribution < 1.29 is 47.9 Å². The Bertz CT molecular complexity index is 1520. The first-order valence-electron chi connectivity index (χ1n) is 11.3. The Morgan fingerprint density at radius 2 is 1.82 bits per heavy atom. The van der Waals surface area contributed by atoms with Gasteiger partial charge in [-0.25, -0.2) is 9.18 Å². The molecule has 15 heteroatoms. The van der Waals surface area contributed by atoms with E-state index in [0.717, 1.165) is 12.1 Å². The standard InChI is InChI=1S/C24H20BClFN2O9P/c26-15-5-1-4-14(9-15)22(30)29-20(12-7-8-18(17(27)10-12)39(35,36)37)23(31)28-19-11-13-3-2-6-16(24(32)33)21(13)38-25(19)34/h1-10,19-20,34H,11H2,(H,28,31)(H,29,30)(H,32,33)(H2,35,36,37)/t19-,20+/m0/s1. The van der Waals surface area contributed by atoms with Crippen molar-refractivity contribution >= 4 is 49.4 Å². The zero-order valence-corrected chi connectivity index (χ0v) is 21.4.